The lowest BCUT2D eigenvalue weighted by Gasteiger charge is -2.21. The van der Waals surface area contributed by atoms with Gasteiger partial charge in [-0.15, -0.1) is 0 Å². The van der Waals surface area contributed by atoms with Crippen LogP contribution < -0.4 is 5.32 Å². The summed E-state index contributed by atoms with van der Waals surface area (Å²) < 4.78 is 0. The Morgan fingerprint density at radius 2 is 2.36 bits per heavy atom. The fourth-order valence-corrected chi connectivity index (χ4v) is 1.55. The number of hydrogen-bond acceptors (Lipinski definition) is 1. The molecule has 1 rings (SSSR count). The van der Waals surface area contributed by atoms with Crippen molar-refractivity contribution in [3.8, 4) is 0 Å². The summed E-state index contributed by atoms with van der Waals surface area (Å²) >= 11 is 6.04. The minimum absolute atomic E-state index is 0.633. The van der Waals surface area contributed by atoms with E-state index in [9.17, 15) is 0 Å². The molecule has 1 N–H and O–H groups in total. The predicted molar refractivity (Wildman–Crippen MR) is 63.1 cm³/mol. The van der Waals surface area contributed by atoms with Crippen LogP contribution in [0, 0.1) is 5.92 Å². The summed E-state index contributed by atoms with van der Waals surface area (Å²) in [4.78, 5) is 0. The Balaban J connectivity index is 2.71. The molecule has 0 bridgehead atoms. The third-order valence-electron chi connectivity index (χ3n) is 2.22. The molecule has 76 valence electrons. The highest BCUT2D eigenvalue weighted by Gasteiger charge is 2.13. The van der Waals surface area contributed by atoms with E-state index in [1.54, 1.807) is 6.08 Å². The fraction of sp³-hybridized carbons (Fsp3) is 0.333. The minimum Gasteiger partial charge on any atom is -0.375 e. The standard InChI is InChI=1S/C12H16ClN/c1-4-9(2)5-6-11-7-10(3)8-14-12(11)13/h4-6,10,14H,1-2,7-8H2,3H3/b6-5-. The summed E-state index contributed by atoms with van der Waals surface area (Å²) in [5, 5.41) is 3.92. The maximum atomic E-state index is 6.04. The Kier molecular flexibility index (Phi) is 4.02. The zero-order valence-electron chi connectivity index (χ0n) is 8.52. The van der Waals surface area contributed by atoms with Crippen molar-refractivity contribution in [2.75, 3.05) is 6.54 Å². The molecule has 1 heterocycles. The van der Waals surface area contributed by atoms with E-state index < -0.39 is 0 Å². The summed E-state index contributed by atoms with van der Waals surface area (Å²) in [6.07, 6.45) is 6.69. The van der Waals surface area contributed by atoms with Gasteiger partial charge in [-0.2, -0.15) is 0 Å². The number of rotatable bonds is 3. The third-order valence-corrected chi connectivity index (χ3v) is 2.59. The monoisotopic (exact) mass is 209 g/mol. The van der Waals surface area contributed by atoms with Crippen molar-refractivity contribution in [2.45, 2.75) is 13.3 Å². The van der Waals surface area contributed by atoms with E-state index >= 15 is 0 Å². The topological polar surface area (TPSA) is 12.0 Å². The molecule has 1 aliphatic heterocycles. The van der Waals surface area contributed by atoms with Crippen molar-refractivity contribution in [1.29, 1.82) is 0 Å². The van der Waals surface area contributed by atoms with E-state index in [4.69, 9.17) is 11.6 Å². The van der Waals surface area contributed by atoms with Crippen molar-refractivity contribution in [2.24, 2.45) is 5.92 Å². The Bertz CT molecular complexity index is 299. The number of halogens is 1. The molecule has 0 aliphatic carbocycles. The first-order chi connectivity index (χ1) is 6.63. The molecule has 0 aromatic heterocycles. The fourth-order valence-electron chi connectivity index (χ4n) is 1.33. The lowest BCUT2D eigenvalue weighted by molar-refractivity contribution is 0.523. The Labute approximate surface area is 90.8 Å². The van der Waals surface area contributed by atoms with E-state index in [1.807, 2.05) is 12.2 Å². The molecule has 0 amide bonds. The van der Waals surface area contributed by atoms with Crippen molar-refractivity contribution in [1.82, 2.24) is 5.32 Å². The highest BCUT2D eigenvalue weighted by Crippen LogP contribution is 2.22. The van der Waals surface area contributed by atoms with E-state index in [0.717, 1.165) is 29.3 Å². The normalized spacial score (nSPS) is 22.3. The second-order valence-corrected chi connectivity index (χ2v) is 4.02. The molecule has 2 heteroatoms. The van der Waals surface area contributed by atoms with Crippen molar-refractivity contribution < 1.29 is 0 Å². The molecule has 14 heavy (non-hydrogen) atoms. The van der Waals surface area contributed by atoms with Crippen LogP contribution in [0.2, 0.25) is 0 Å². The highest BCUT2D eigenvalue weighted by molar-refractivity contribution is 6.29. The summed E-state index contributed by atoms with van der Waals surface area (Å²) in [5.74, 6) is 0.633. The smallest absolute Gasteiger partial charge is 0.105 e. The Morgan fingerprint density at radius 1 is 1.64 bits per heavy atom. The molecule has 1 nitrogen and oxygen atoms in total. The SMILES string of the molecule is C=CC(=C)/C=C\C1=C(Cl)NCC(C)C1. The van der Waals surface area contributed by atoms with Gasteiger partial charge >= 0.3 is 0 Å². The first kappa shape index (κ1) is 11.1. The second-order valence-electron chi connectivity index (χ2n) is 3.64. The number of hydrogen-bond donors (Lipinski definition) is 1. The lowest BCUT2D eigenvalue weighted by atomic mass is 9.98. The average Bonchev–Trinajstić information content (AvgIpc) is 2.19. The lowest BCUT2D eigenvalue weighted by Crippen LogP contribution is -2.24. The molecule has 0 aromatic rings. The summed E-state index contributed by atoms with van der Waals surface area (Å²) in [6, 6.07) is 0. The van der Waals surface area contributed by atoms with Gasteiger partial charge < -0.3 is 5.32 Å². The maximum absolute atomic E-state index is 6.04. The molecule has 1 aliphatic rings. The van der Waals surface area contributed by atoms with Crippen molar-refractivity contribution in [3.63, 3.8) is 0 Å². The molecule has 0 saturated heterocycles. The Hall–Kier alpha value is -0.950. The third kappa shape index (κ3) is 3.08. The zero-order chi connectivity index (χ0) is 10.6. The van der Waals surface area contributed by atoms with E-state index in [-0.39, 0.29) is 0 Å². The van der Waals surface area contributed by atoms with Gasteiger partial charge in [-0.05, 0) is 23.5 Å². The minimum atomic E-state index is 0.633. The van der Waals surface area contributed by atoms with Crippen LogP contribution in [-0.4, -0.2) is 6.54 Å². The Morgan fingerprint density at radius 3 is 3.00 bits per heavy atom. The van der Waals surface area contributed by atoms with Crippen LogP contribution in [0.25, 0.3) is 0 Å². The molecule has 0 saturated carbocycles. The molecule has 0 aromatic carbocycles. The molecule has 1 atom stereocenters. The first-order valence-electron chi connectivity index (χ1n) is 4.75. The summed E-state index contributed by atoms with van der Waals surface area (Å²) in [7, 11) is 0. The van der Waals surface area contributed by atoms with Crippen molar-refractivity contribution >= 4 is 11.6 Å². The van der Waals surface area contributed by atoms with Gasteiger partial charge in [-0.25, -0.2) is 0 Å². The van der Waals surface area contributed by atoms with Crippen LogP contribution in [0.4, 0.5) is 0 Å². The average molecular weight is 210 g/mol. The zero-order valence-corrected chi connectivity index (χ0v) is 9.27. The van der Waals surface area contributed by atoms with Crippen LogP contribution in [0.15, 0.2) is 47.7 Å². The molecule has 0 fully saturated rings. The largest absolute Gasteiger partial charge is 0.375 e. The number of nitrogens with one attached hydrogen (secondary N) is 1. The van der Waals surface area contributed by atoms with Crippen LogP contribution in [0.3, 0.4) is 0 Å². The van der Waals surface area contributed by atoms with E-state index in [0.29, 0.717) is 5.92 Å². The predicted octanol–water partition coefficient (Wildman–Crippen LogP) is 3.36. The van der Waals surface area contributed by atoms with Gasteiger partial charge in [0.2, 0.25) is 0 Å². The molecule has 1 unspecified atom stereocenters. The first-order valence-corrected chi connectivity index (χ1v) is 5.13. The van der Waals surface area contributed by atoms with Gasteiger partial charge in [0.1, 0.15) is 5.16 Å². The van der Waals surface area contributed by atoms with Gasteiger partial charge in [0.15, 0.2) is 0 Å². The van der Waals surface area contributed by atoms with Crippen LogP contribution in [-0.2, 0) is 0 Å². The van der Waals surface area contributed by atoms with Crippen LogP contribution >= 0.6 is 11.6 Å². The molecular formula is C12H16ClN. The quantitative estimate of drug-likeness (QED) is 0.555. The second kappa shape index (κ2) is 5.06. The maximum Gasteiger partial charge on any atom is 0.105 e. The van der Waals surface area contributed by atoms with E-state index in [1.165, 1.54) is 0 Å². The van der Waals surface area contributed by atoms with Crippen LogP contribution in [0.5, 0.6) is 0 Å². The van der Waals surface area contributed by atoms with Gasteiger partial charge in [0.25, 0.3) is 0 Å². The number of allylic oxidation sites excluding steroid dienone is 5. The summed E-state index contributed by atoms with van der Waals surface area (Å²) in [6.45, 7) is 10.6. The van der Waals surface area contributed by atoms with Gasteiger partial charge in [0, 0.05) is 6.54 Å². The summed E-state index contributed by atoms with van der Waals surface area (Å²) in [5.41, 5.74) is 2.05. The van der Waals surface area contributed by atoms with Crippen LogP contribution in [0.1, 0.15) is 13.3 Å². The highest BCUT2D eigenvalue weighted by atomic mass is 35.5. The molecule has 0 spiro atoms. The van der Waals surface area contributed by atoms with Gasteiger partial charge in [-0.1, -0.05) is 49.9 Å². The molecular weight excluding hydrogens is 194 g/mol. The van der Waals surface area contributed by atoms with Gasteiger partial charge in [-0.3, -0.25) is 0 Å². The van der Waals surface area contributed by atoms with Crippen molar-refractivity contribution in [3.05, 3.63) is 47.7 Å². The molecule has 0 radical (unpaired) electrons. The van der Waals surface area contributed by atoms with E-state index in [2.05, 4.69) is 25.4 Å². The van der Waals surface area contributed by atoms with Gasteiger partial charge in [0.05, 0.1) is 0 Å².